The maximum absolute atomic E-state index is 12.7. The van der Waals surface area contributed by atoms with Crippen LogP contribution < -0.4 is 5.73 Å². The Labute approximate surface area is 124 Å². The number of hydrogen-bond acceptors (Lipinski definition) is 2. The zero-order valence-electron chi connectivity index (χ0n) is 13.8. The van der Waals surface area contributed by atoms with E-state index in [2.05, 4.69) is 18.7 Å². The minimum atomic E-state index is -0.109. The fourth-order valence-corrected chi connectivity index (χ4v) is 3.31. The highest BCUT2D eigenvalue weighted by atomic mass is 16.2. The number of rotatable bonds is 6. The monoisotopic (exact) mass is 283 g/mol. The van der Waals surface area contributed by atoms with Crippen LogP contribution in [0.25, 0.3) is 0 Å². The van der Waals surface area contributed by atoms with Crippen LogP contribution in [0.1, 0.15) is 59.3 Å². The van der Waals surface area contributed by atoms with Gasteiger partial charge in [-0.05, 0) is 44.9 Å². The first-order valence-electron chi connectivity index (χ1n) is 8.27. The molecule has 0 aromatic rings. The molecule has 0 aliphatic heterocycles. The summed E-state index contributed by atoms with van der Waals surface area (Å²) >= 11 is 0. The summed E-state index contributed by atoms with van der Waals surface area (Å²) in [6.07, 6.45) is 6.77. The Bertz CT molecular complexity index is 298. The third-order valence-electron chi connectivity index (χ3n) is 5.04. The molecule has 2 N–H and O–H groups in total. The summed E-state index contributed by atoms with van der Waals surface area (Å²) in [6, 6.07) is 0.148. The number of carbonyl (C=O) groups is 1. The van der Waals surface area contributed by atoms with E-state index in [-0.39, 0.29) is 11.6 Å². The van der Waals surface area contributed by atoms with E-state index < -0.39 is 0 Å². The summed E-state index contributed by atoms with van der Waals surface area (Å²) in [7, 11) is 1.88. The average molecular weight is 283 g/mol. The van der Waals surface area contributed by atoms with Crippen molar-refractivity contribution in [3.05, 3.63) is 0 Å². The first-order chi connectivity index (χ1) is 9.54. The molecular formula is C16H33N3O. The van der Waals surface area contributed by atoms with E-state index >= 15 is 0 Å². The first kappa shape index (κ1) is 17.3. The standard InChI is InChI=1S/C16H33N3O/c1-5-12-19(15(20)18(4)7-3)16(13-17)10-8-14(6-2)9-11-16/h14H,5-13,17H2,1-4H3. The second-order valence-electron chi connectivity index (χ2n) is 6.23. The lowest BCUT2D eigenvalue weighted by atomic mass is 9.74. The molecule has 0 aromatic heterocycles. The van der Waals surface area contributed by atoms with Gasteiger partial charge in [0.2, 0.25) is 0 Å². The zero-order valence-corrected chi connectivity index (χ0v) is 13.8. The molecule has 1 rings (SSSR count). The number of nitrogens with zero attached hydrogens (tertiary/aromatic N) is 2. The van der Waals surface area contributed by atoms with Crippen molar-refractivity contribution in [3.63, 3.8) is 0 Å². The SMILES string of the molecule is CCCN(C(=O)N(C)CC)C1(CN)CCC(CC)CC1. The Morgan fingerprint density at radius 2 is 1.85 bits per heavy atom. The molecule has 1 aliphatic carbocycles. The van der Waals surface area contributed by atoms with Crippen molar-refractivity contribution in [2.24, 2.45) is 11.7 Å². The highest BCUT2D eigenvalue weighted by Gasteiger charge is 2.41. The number of hydrogen-bond donors (Lipinski definition) is 1. The second kappa shape index (κ2) is 7.87. The maximum Gasteiger partial charge on any atom is 0.320 e. The summed E-state index contributed by atoms with van der Waals surface area (Å²) in [5.74, 6) is 0.817. The minimum absolute atomic E-state index is 0.109. The van der Waals surface area contributed by atoms with E-state index in [1.165, 1.54) is 19.3 Å². The second-order valence-corrected chi connectivity index (χ2v) is 6.23. The molecule has 0 spiro atoms. The Kier molecular flexibility index (Phi) is 6.80. The highest BCUT2D eigenvalue weighted by Crippen LogP contribution is 2.37. The molecule has 20 heavy (non-hydrogen) atoms. The minimum Gasteiger partial charge on any atom is -0.328 e. The van der Waals surface area contributed by atoms with Gasteiger partial charge in [0.25, 0.3) is 0 Å². The molecule has 0 unspecified atom stereocenters. The largest absolute Gasteiger partial charge is 0.328 e. The van der Waals surface area contributed by atoms with Crippen LogP contribution in [-0.4, -0.2) is 48.1 Å². The summed E-state index contributed by atoms with van der Waals surface area (Å²) in [5.41, 5.74) is 6.01. The van der Waals surface area contributed by atoms with E-state index in [4.69, 9.17) is 5.73 Å². The van der Waals surface area contributed by atoms with Crippen molar-refractivity contribution in [3.8, 4) is 0 Å². The molecule has 0 radical (unpaired) electrons. The van der Waals surface area contributed by atoms with Gasteiger partial charge in [-0.1, -0.05) is 20.3 Å². The summed E-state index contributed by atoms with van der Waals surface area (Å²) in [6.45, 7) is 8.57. The predicted molar refractivity (Wildman–Crippen MR) is 84.7 cm³/mol. The van der Waals surface area contributed by atoms with Crippen molar-refractivity contribution >= 4 is 6.03 Å². The molecule has 118 valence electrons. The van der Waals surface area contributed by atoms with Crippen LogP contribution in [0.3, 0.4) is 0 Å². The lowest BCUT2D eigenvalue weighted by molar-refractivity contribution is 0.0538. The van der Waals surface area contributed by atoms with Crippen LogP contribution in [0, 0.1) is 5.92 Å². The molecule has 1 aliphatic rings. The average Bonchev–Trinajstić information content (AvgIpc) is 2.51. The first-order valence-corrected chi connectivity index (χ1v) is 8.27. The van der Waals surface area contributed by atoms with Gasteiger partial charge in [-0.15, -0.1) is 0 Å². The van der Waals surface area contributed by atoms with Gasteiger partial charge in [0, 0.05) is 26.7 Å². The van der Waals surface area contributed by atoms with Crippen molar-refractivity contribution in [2.45, 2.75) is 64.8 Å². The number of carbonyl (C=O) groups excluding carboxylic acids is 1. The van der Waals surface area contributed by atoms with Crippen LogP contribution >= 0.6 is 0 Å². The van der Waals surface area contributed by atoms with Crippen LogP contribution in [0.5, 0.6) is 0 Å². The number of urea groups is 1. The van der Waals surface area contributed by atoms with Gasteiger partial charge < -0.3 is 15.5 Å². The third-order valence-corrected chi connectivity index (χ3v) is 5.04. The fraction of sp³-hybridized carbons (Fsp3) is 0.938. The van der Waals surface area contributed by atoms with Crippen LogP contribution in [-0.2, 0) is 0 Å². The van der Waals surface area contributed by atoms with Gasteiger partial charge in [-0.25, -0.2) is 4.79 Å². The van der Waals surface area contributed by atoms with Crippen molar-refractivity contribution in [1.29, 1.82) is 0 Å². The highest BCUT2D eigenvalue weighted by molar-refractivity contribution is 5.75. The quantitative estimate of drug-likeness (QED) is 0.814. The molecule has 0 aromatic carbocycles. The topological polar surface area (TPSA) is 49.6 Å². The van der Waals surface area contributed by atoms with Gasteiger partial charge >= 0.3 is 6.03 Å². The molecule has 4 nitrogen and oxygen atoms in total. The maximum atomic E-state index is 12.7. The van der Waals surface area contributed by atoms with Crippen molar-refractivity contribution < 1.29 is 4.79 Å². The molecule has 0 heterocycles. The predicted octanol–water partition coefficient (Wildman–Crippen LogP) is 3.07. The third kappa shape index (κ3) is 3.66. The molecule has 4 heteroatoms. The number of amides is 2. The van der Waals surface area contributed by atoms with Crippen LogP contribution in [0.4, 0.5) is 4.79 Å². The van der Waals surface area contributed by atoms with E-state index in [1.54, 1.807) is 4.90 Å². The van der Waals surface area contributed by atoms with E-state index in [9.17, 15) is 4.79 Å². The van der Waals surface area contributed by atoms with Crippen molar-refractivity contribution in [2.75, 3.05) is 26.7 Å². The van der Waals surface area contributed by atoms with E-state index in [0.717, 1.165) is 38.3 Å². The van der Waals surface area contributed by atoms with Gasteiger partial charge in [-0.3, -0.25) is 0 Å². The van der Waals surface area contributed by atoms with Gasteiger partial charge in [-0.2, -0.15) is 0 Å². The molecule has 1 saturated carbocycles. The van der Waals surface area contributed by atoms with Gasteiger partial charge in [0.15, 0.2) is 0 Å². The Balaban J connectivity index is 2.89. The lowest BCUT2D eigenvalue weighted by Crippen LogP contribution is -2.60. The molecule has 0 bridgehead atoms. The van der Waals surface area contributed by atoms with Gasteiger partial charge in [0.1, 0.15) is 0 Å². The smallest absolute Gasteiger partial charge is 0.320 e. The van der Waals surface area contributed by atoms with Crippen LogP contribution in [0.2, 0.25) is 0 Å². The molecule has 2 amide bonds. The Hall–Kier alpha value is -0.770. The summed E-state index contributed by atoms with van der Waals surface area (Å²) < 4.78 is 0. The number of nitrogens with two attached hydrogens (primary N) is 1. The van der Waals surface area contributed by atoms with Gasteiger partial charge in [0.05, 0.1) is 5.54 Å². The Morgan fingerprint density at radius 3 is 2.25 bits per heavy atom. The van der Waals surface area contributed by atoms with E-state index in [0.29, 0.717) is 6.54 Å². The van der Waals surface area contributed by atoms with Crippen molar-refractivity contribution in [1.82, 2.24) is 9.80 Å². The van der Waals surface area contributed by atoms with E-state index in [1.807, 2.05) is 14.0 Å². The Morgan fingerprint density at radius 1 is 1.25 bits per heavy atom. The molecular weight excluding hydrogens is 250 g/mol. The molecule has 0 saturated heterocycles. The summed E-state index contributed by atoms with van der Waals surface area (Å²) in [5, 5.41) is 0. The molecule has 0 atom stereocenters. The summed E-state index contributed by atoms with van der Waals surface area (Å²) in [4.78, 5) is 16.6. The normalized spacial score (nSPS) is 26.4. The van der Waals surface area contributed by atoms with Crippen LogP contribution in [0.15, 0.2) is 0 Å². The molecule has 1 fully saturated rings. The lowest BCUT2D eigenvalue weighted by Gasteiger charge is -2.48. The fourth-order valence-electron chi connectivity index (χ4n) is 3.31. The zero-order chi connectivity index (χ0) is 15.2.